The third-order valence-corrected chi connectivity index (χ3v) is 2.00. The molecule has 0 saturated heterocycles. The van der Waals surface area contributed by atoms with Crippen LogP contribution in [0.1, 0.15) is 19.5 Å². The SMILES string of the molecule is CC(C)(OC(N)=O)c1ccnn1CCO. The molecule has 0 fully saturated rings. The maximum atomic E-state index is 10.7. The highest BCUT2D eigenvalue weighted by Crippen LogP contribution is 2.23. The topological polar surface area (TPSA) is 90.4 Å². The number of aliphatic hydroxyl groups is 1. The summed E-state index contributed by atoms with van der Waals surface area (Å²) in [5, 5.41) is 12.8. The minimum atomic E-state index is -0.850. The van der Waals surface area contributed by atoms with Crippen molar-refractivity contribution in [2.24, 2.45) is 5.73 Å². The number of aliphatic hydroxyl groups excluding tert-OH is 1. The third kappa shape index (κ3) is 2.69. The lowest BCUT2D eigenvalue weighted by molar-refractivity contribution is 0.0356. The van der Waals surface area contributed by atoms with Gasteiger partial charge in [-0.2, -0.15) is 5.10 Å². The largest absolute Gasteiger partial charge is 0.437 e. The maximum absolute atomic E-state index is 10.7. The molecule has 0 aromatic carbocycles. The van der Waals surface area contributed by atoms with Crippen molar-refractivity contribution >= 4 is 6.09 Å². The van der Waals surface area contributed by atoms with E-state index in [-0.39, 0.29) is 6.61 Å². The first kappa shape index (κ1) is 11.5. The maximum Gasteiger partial charge on any atom is 0.405 e. The Labute approximate surface area is 87.6 Å². The normalized spacial score (nSPS) is 11.4. The summed E-state index contributed by atoms with van der Waals surface area (Å²) >= 11 is 0. The van der Waals surface area contributed by atoms with Gasteiger partial charge in [-0.15, -0.1) is 0 Å². The Morgan fingerprint density at radius 1 is 1.73 bits per heavy atom. The van der Waals surface area contributed by atoms with Crippen LogP contribution in [0, 0.1) is 0 Å². The van der Waals surface area contributed by atoms with E-state index in [0.717, 1.165) is 0 Å². The Balaban J connectivity index is 2.92. The zero-order valence-electron chi connectivity index (χ0n) is 8.80. The first-order valence-corrected chi connectivity index (χ1v) is 4.59. The quantitative estimate of drug-likeness (QED) is 0.747. The van der Waals surface area contributed by atoms with E-state index in [4.69, 9.17) is 15.6 Å². The summed E-state index contributed by atoms with van der Waals surface area (Å²) in [7, 11) is 0. The van der Waals surface area contributed by atoms with Gasteiger partial charge in [-0.05, 0) is 19.9 Å². The van der Waals surface area contributed by atoms with Gasteiger partial charge in [0.25, 0.3) is 0 Å². The summed E-state index contributed by atoms with van der Waals surface area (Å²) in [6, 6.07) is 1.72. The Hall–Kier alpha value is -1.56. The van der Waals surface area contributed by atoms with Gasteiger partial charge in [-0.1, -0.05) is 0 Å². The van der Waals surface area contributed by atoms with Gasteiger partial charge in [0.15, 0.2) is 0 Å². The molecule has 0 aliphatic rings. The van der Waals surface area contributed by atoms with Crippen LogP contribution in [-0.2, 0) is 16.9 Å². The minimum Gasteiger partial charge on any atom is -0.437 e. The van der Waals surface area contributed by atoms with Crippen LogP contribution in [-0.4, -0.2) is 27.6 Å². The molecule has 0 radical (unpaired) electrons. The fourth-order valence-electron chi connectivity index (χ4n) is 1.42. The number of primary amides is 1. The Kier molecular flexibility index (Phi) is 3.31. The molecular weight excluding hydrogens is 198 g/mol. The lowest BCUT2D eigenvalue weighted by Crippen LogP contribution is -2.31. The zero-order valence-corrected chi connectivity index (χ0v) is 8.80. The molecule has 0 aliphatic heterocycles. The number of amides is 1. The number of hydrogen-bond donors (Lipinski definition) is 2. The summed E-state index contributed by atoms with van der Waals surface area (Å²) in [4.78, 5) is 10.7. The molecule has 1 aromatic rings. The van der Waals surface area contributed by atoms with Crippen LogP contribution < -0.4 is 5.73 Å². The van der Waals surface area contributed by atoms with Crippen LogP contribution >= 0.6 is 0 Å². The number of carbonyl (C=O) groups excluding carboxylic acids is 1. The van der Waals surface area contributed by atoms with Crippen molar-refractivity contribution in [1.82, 2.24) is 9.78 Å². The van der Waals surface area contributed by atoms with E-state index in [1.54, 1.807) is 30.8 Å². The first-order valence-electron chi connectivity index (χ1n) is 4.59. The lowest BCUT2D eigenvalue weighted by Gasteiger charge is -2.24. The molecule has 0 saturated carbocycles. The van der Waals surface area contributed by atoms with Crippen molar-refractivity contribution in [3.8, 4) is 0 Å². The average Bonchev–Trinajstić information content (AvgIpc) is 2.51. The summed E-state index contributed by atoms with van der Waals surface area (Å²) in [5.74, 6) is 0. The second-order valence-electron chi connectivity index (χ2n) is 3.59. The van der Waals surface area contributed by atoms with Crippen LogP contribution in [0.25, 0.3) is 0 Å². The fourth-order valence-corrected chi connectivity index (χ4v) is 1.42. The molecule has 1 rings (SSSR count). The first-order chi connectivity index (χ1) is 6.97. The van der Waals surface area contributed by atoms with Crippen LogP contribution in [0.5, 0.6) is 0 Å². The van der Waals surface area contributed by atoms with E-state index in [2.05, 4.69) is 5.10 Å². The number of ether oxygens (including phenoxy) is 1. The van der Waals surface area contributed by atoms with Crippen molar-refractivity contribution in [1.29, 1.82) is 0 Å². The van der Waals surface area contributed by atoms with E-state index in [1.807, 2.05) is 0 Å². The van der Waals surface area contributed by atoms with Gasteiger partial charge >= 0.3 is 6.09 Å². The van der Waals surface area contributed by atoms with Crippen LogP contribution in [0.3, 0.4) is 0 Å². The molecule has 15 heavy (non-hydrogen) atoms. The predicted octanol–water partition coefficient (Wildman–Crippen LogP) is 0.206. The van der Waals surface area contributed by atoms with E-state index in [1.165, 1.54) is 0 Å². The molecule has 84 valence electrons. The standard InChI is InChI=1S/C9H15N3O3/c1-9(2,15-8(10)14)7-3-4-11-12(7)5-6-13/h3-4,13H,5-6H2,1-2H3,(H2,10,14). The van der Waals surface area contributed by atoms with Crippen molar-refractivity contribution in [2.45, 2.75) is 26.0 Å². The Morgan fingerprint density at radius 3 is 2.93 bits per heavy atom. The molecule has 0 bridgehead atoms. The molecule has 0 atom stereocenters. The molecular formula is C9H15N3O3. The highest BCUT2D eigenvalue weighted by atomic mass is 16.6. The van der Waals surface area contributed by atoms with Crippen LogP contribution in [0.15, 0.2) is 12.3 Å². The zero-order chi connectivity index (χ0) is 11.5. The second-order valence-corrected chi connectivity index (χ2v) is 3.59. The van der Waals surface area contributed by atoms with Gasteiger partial charge < -0.3 is 15.6 Å². The molecule has 3 N–H and O–H groups in total. The monoisotopic (exact) mass is 213 g/mol. The van der Waals surface area contributed by atoms with Gasteiger partial charge in [0, 0.05) is 6.20 Å². The van der Waals surface area contributed by atoms with Gasteiger partial charge in [-0.25, -0.2) is 4.79 Å². The molecule has 0 aliphatic carbocycles. The number of rotatable bonds is 4. The number of nitrogens with two attached hydrogens (primary N) is 1. The van der Waals surface area contributed by atoms with Crippen molar-refractivity contribution < 1.29 is 14.6 Å². The van der Waals surface area contributed by atoms with Crippen molar-refractivity contribution in [2.75, 3.05) is 6.61 Å². The van der Waals surface area contributed by atoms with Gasteiger partial charge in [0.2, 0.25) is 0 Å². The second kappa shape index (κ2) is 4.31. The third-order valence-electron chi connectivity index (χ3n) is 2.00. The summed E-state index contributed by atoms with van der Waals surface area (Å²) in [5.41, 5.74) is 4.81. The number of nitrogens with zero attached hydrogens (tertiary/aromatic N) is 2. The highest BCUT2D eigenvalue weighted by Gasteiger charge is 2.28. The predicted molar refractivity (Wildman–Crippen MR) is 53.0 cm³/mol. The summed E-state index contributed by atoms with van der Waals surface area (Å²) in [6.45, 7) is 3.75. The molecule has 6 nitrogen and oxygen atoms in total. The summed E-state index contributed by atoms with van der Waals surface area (Å²) in [6.07, 6.45) is 0.744. The van der Waals surface area contributed by atoms with E-state index >= 15 is 0 Å². The van der Waals surface area contributed by atoms with E-state index in [0.29, 0.717) is 12.2 Å². The van der Waals surface area contributed by atoms with E-state index in [9.17, 15) is 4.79 Å². The lowest BCUT2D eigenvalue weighted by atomic mass is 10.1. The minimum absolute atomic E-state index is 0.0265. The highest BCUT2D eigenvalue weighted by molar-refractivity contribution is 5.65. The van der Waals surface area contributed by atoms with Crippen molar-refractivity contribution in [3.63, 3.8) is 0 Å². The Bertz CT molecular complexity index is 346. The summed E-state index contributed by atoms with van der Waals surface area (Å²) < 4.78 is 6.54. The molecule has 1 amide bonds. The van der Waals surface area contributed by atoms with Crippen molar-refractivity contribution in [3.05, 3.63) is 18.0 Å². The van der Waals surface area contributed by atoms with Gasteiger partial charge in [0.05, 0.1) is 18.8 Å². The fraction of sp³-hybridized carbons (Fsp3) is 0.556. The molecule has 1 heterocycles. The molecule has 0 spiro atoms. The average molecular weight is 213 g/mol. The van der Waals surface area contributed by atoms with Crippen LogP contribution in [0.4, 0.5) is 4.79 Å². The Morgan fingerprint density at radius 2 is 2.40 bits per heavy atom. The van der Waals surface area contributed by atoms with E-state index < -0.39 is 11.7 Å². The number of aromatic nitrogens is 2. The van der Waals surface area contributed by atoms with Gasteiger partial charge in [-0.3, -0.25) is 4.68 Å². The number of carbonyl (C=O) groups is 1. The van der Waals surface area contributed by atoms with Gasteiger partial charge in [0.1, 0.15) is 5.60 Å². The molecule has 1 aromatic heterocycles. The molecule has 0 unspecified atom stereocenters. The molecule has 6 heteroatoms. The smallest absolute Gasteiger partial charge is 0.405 e. The van der Waals surface area contributed by atoms with Crippen LogP contribution in [0.2, 0.25) is 0 Å². The number of hydrogen-bond acceptors (Lipinski definition) is 4.